The van der Waals surface area contributed by atoms with Crippen LogP contribution in [0.15, 0.2) is 36.8 Å². The second kappa shape index (κ2) is 3.45. The molecule has 2 heterocycles. The third-order valence-electron chi connectivity index (χ3n) is 3.15. The van der Waals surface area contributed by atoms with E-state index in [2.05, 4.69) is 30.3 Å². The zero-order chi connectivity index (χ0) is 12.9. The Morgan fingerprint density at radius 1 is 1.22 bits per heavy atom. The monoisotopic (exact) mass is 241 g/mol. The van der Waals surface area contributed by atoms with E-state index >= 15 is 0 Å². The molecule has 18 heavy (non-hydrogen) atoms. The van der Waals surface area contributed by atoms with Gasteiger partial charge in [-0.15, -0.1) is 0 Å². The van der Waals surface area contributed by atoms with Crippen molar-refractivity contribution in [2.45, 2.75) is 26.3 Å². The van der Waals surface area contributed by atoms with Crippen LogP contribution < -0.4 is 4.73 Å². The first kappa shape index (κ1) is 11.0. The Labute approximate surface area is 105 Å². The van der Waals surface area contributed by atoms with Crippen molar-refractivity contribution in [2.75, 3.05) is 0 Å². The lowest BCUT2D eigenvalue weighted by Crippen LogP contribution is -2.27. The van der Waals surface area contributed by atoms with Crippen LogP contribution >= 0.6 is 0 Å². The van der Waals surface area contributed by atoms with Gasteiger partial charge in [0.05, 0.1) is 17.2 Å². The van der Waals surface area contributed by atoms with Crippen LogP contribution in [0.5, 0.6) is 0 Å². The Hall–Kier alpha value is -2.10. The summed E-state index contributed by atoms with van der Waals surface area (Å²) in [5, 5.41) is 12.9. The zero-order valence-corrected chi connectivity index (χ0v) is 10.7. The van der Waals surface area contributed by atoms with Gasteiger partial charge >= 0.3 is 0 Å². The lowest BCUT2D eigenvalue weighted by atomic mass is 10.1. The number of para-hydroxylation sites is 1. The molecule has 0 aliphatic carbocycles. The van der Waals surface area contributed by atoms with Crippen molar-refractivity contribution in [3.63, 3.8) is 0 Å². The van der Waals surface area contributed by atoms with Crippen LogP contribution in [-0.4, -0.2) is 9.55 Å². The molecule has 4 nitrogen and oxygen atoms in total. The molecule has 0 aliphatic rings. The van der Waals surface area contributed by atoms with Crippen LogP contribution in [0.1, 0.15) is 20.8 Å². The normalized spacial score (nSPS) is 12.4. The van der Waals surface area contributed by atoms with Crippen molar-refractivity contribution in [3.05, 3.63) is 42.0 Å². The molecule has 92 valence electrons. The lowest BCUT2D eigenvalue weighted by molar-refractivity contribution is -0.575. The fourth-order valence-corrected chi connectivity index (χ4v) is 2.28. The molecule has 0 atom stereocenters. The number of fused-ring (bicyclic) bond motifs is 3. The van der Waals surface area contributed by atoms with Gasteiger partial charge in [-0.3, -0.25) is 0 Å². The van der Waals surface area contributed by atoms with Gasteiger partial charge < -0.3 is 9.77 Å². The molecule has 0 radical (unpaired) electrons. The maximum Gasteiger partial charge on any atom is 0.226 e. The molecule has 2 aromatic heterocycles. The molecule has 0 N–H and O–H groups in total. The third-order valence-corrected chi connectivity index (χ3v) is 3.15. The molecule has 0 fully saturated rings. The van der Waals surface area contributed by atoms with Crippen molar-refractivity contribution in [1.29, 1.82) is 0 Å². The van der Waals surface area contributed by atoms with Crippen LogP contribution in [-0.2, 0) is 5.54 Å². The topological polar surface area (TPSA) is 44.8 Å². The molecular weight excluding hydrogens is 226 g/mol. The van der Waals surface area contributed by atoms with E-state index in [0.717, 1.165) is 21.2 Å². The number of benzene rings is 1. The SMILES string of the molecule is CC(C)(C)n1cnc2c[n+]([O-])c3ccccc3c21. The van der Waals surface area contributed by atoms with E-state index in [0.29, 0.717) is 5.52 Å². The fourth-order valence-electron chi connectivity index (χ4n) is 2.28. The van der Waals surface area contributed by atoms with Crippen molar-refractivity contribution < 1.29 is 4.73 Å². The first-order chi connectivity index (χ1) is 8.48. The van der Waals surface area contributed by atoms with Crippen LogP contribution in [0.25, 0.3) is 21.9 Å². The van der Waals surface area contributed by atoms with Crippen molar-refractivity contribution in [2.24, 2.45) is 0 Å². The van der Waals surface area contributed by atoms with E-state index in [1.54, 1.807) is 12.5 Å². The summed E-state index contributed by atoms with van der Waals surface area (Å²) in [6.45, 7) is 6.38. The molecule has 0 saturated carbocycles. The Morgan fingerprint density at radius 3 is 2.67 bits per heavy atom. The predicted molar refractivity (Wildman–Crippen MR) is 71.2 cm³/mol. The molecule has 4 heteroatoms. The van der Waals surface area contributed by atoms with Crippen LogP contribution in [0, 0.1) is 5.21 Å². The highest BCUT2D eigenvalue weighted by atomic mass is 16.5. The highest BCUT2D eigenvalue weighted by molar-refractivity contribution is 6.00. The largest absolute Gasteiger partial charge is 0.618 e. The first-order valence-corrected chi connectivity index (χ1v) is 5.97. The summed E-state index contributed by atoms with van der Waals surface area (Å²) in [5.74, 6) is 0. The summed E-state index contributed by atoms with van der Waals surface area (Å²) in [6, 6.07) is 7.62. The molecule has 0 saturated heterocycles. The molecule has 0 aliphatic heterocycles. The number of imidazole rings is 1. The molecule has 0 unspecified atom stereocenters. The van der Waals surface area contributed by atoms with Gasteiger partial charge in [0.2, 0.25) is 11.7 Å². The minimum Gasteiger partial charge on any atom is -0.618 e. The van der Waals surface area contributed by atoms with Crippen LogP contribution in [0.3, 0.4) is 0 Å². The Kier molecular flexibility index (Phi) is 2.11. The molecule has 0 amide bonds. The van der Waals surface area contributed by atoms with Gasteiger partial charge in [-0.1, -0.05) is 12.1 Å². The Balaban J connectivity index is 2.54. The zero-order valence-electron chi connectivity index (χ0n) is 10.7. The summed E-state index contributed by atoms with van der Waals surface area (Å²) in [4.78, 5) is 4.34. The van der Waals surface area contributed by atoms with Gasteiger partial charge in [0.15, 0.2) is 5.52 Å². The number of pyridine rings is 1. The van der Waals surface area contributed by atoms with Crippen LogP contribution in [0.2, 0.25) is 0 Å². The maximum atomic E-state index is 11.9. The quantitative estimate of drug-likeness (QED) is 0.448. The number of aromatic nitrogens is 3. The molecule has 3 aromatic rings. The van der Waals surface area contributed by atoms with Gasteiger partial charge in [-0.05, 0) is 26.8 Å². The summed E-state index contributed by atoms with van der Waals surface area (Å²) in [5.41, 5.74) is 2.37. The summed E-state index contributed by atoms with van der Waals surface area (Å²) >= 11 is 0. The van der Waals surface area contributed by atoms with Gasteiger partial charge in [-0.25, -0.2) is 4.98 Å². The minimum absolute atomic E-state index is 0.0629. The highest BCUT2D eigenvalue weighted by Crippen LogP contribution is 2.26. The van der Waals surface area contributed by atoms with Gasteiger partial charge in [-0.2, -0.15) is 4.73 Å². The summed E-state index contributed by atoms with van der Waals surface area (Å²) in [7, 11) is 0. The van der Waals surface area contributed by atoms with E-state index in [-0.39, 0.29) is 5.54 Å². The van der Waals surface area contributed by atoms with Crippen molar-refractivity contribution in [3.8, 4) is 0 Å². The number of rotatable bonds is 0. The molecule has 1 aromatic carbocycles. The average Bonchev–Trinajstić information content (AvgIpc) is 2.73. The van der Waals surface area contributed by atoms with E-state index in [1.807, 2.05) is 24.3 Å². The predicted octanol–water partition coefficient (Wildman–Crippen LogP) is 2.58. The number of hydrogen-bond acceptors (Lipinski definition) is 2. The van der Waals surface area contributed by atoms with Crippen LogP contribution in [0.4, 0.5) is 0 Å². The molecule has 3 rings (SSSR count). The minimum atomic E-state index is -0.0629. The Bertz CT molecular complexity index is 738. The lowest BCUT2D eigenvalue weighted by Gasteiger charge is -2.22. The average molecular weight is 241 g/mol. The van der Waals surface area contributed by atoms with E-state index < -0.39 is 0 Å². The molecule has 0 spiro atoms. The van der Waals surface area contributed by atoms with E-state index in [4.69, 9.17) is 0 Å². The second-order valence-electron chi connectivity index (χ2n) is 5.49. The number of nitrogens with zero attached hydrogens (tertiary/aromatic N) is 3. The maximum absolute atomic E-state index is 11.9. The van der Waals surface area contributed by atoms with Crippen molar-refractivity contribution in [1.82, 2.24) is 9.55 Å². The van der Waals surface area contributed by atoms with E-state index in [9.17, 15) is 5.21 Å². The molecular formula is C14H15N3O. The standard InChI is InChI=1S/C14H15N3O/c1-14(2,3)16-9-15-11-8-17(18)12-7-5-4-6-10(12)13(11)16/h4-9H,1-3H3. The van der Waals surface area contributed by atoms with Gasteiger partial charge in [0, 0.05) is 11.6 Å². The fraction of sp³-hybridized carbons (Fsp3) is 0.286. The third kappa shape index (κ3) is 1.45. The Morgan fingerprint density at radius 2 is 1.94 bits per heavy atom. The van der Waals surface area contributed by atoms with Gasteiger partial charge in [0.25, 0.3) is 0 Å². The summed E-state index contributed by atoms with van der Waals surface area (Å²) in [6.07, 6.45) is 3.34. The second-order valence-corrected chi connectivity index (χ2v) is 5.49. The van der Waals surface area contributed by atoms with E-state index in [1.165, 1.54) is 0 Å². The molecule has 0 bridgehead atoms. The first-order valence-electron chi connectivity index (χ1n) is 5.97. The van der Waals surface area contributed by atoms with Crippen molar-refractivity contribution >= 4 is 21.9 Å². The smallest absolute Gasteiger partial charge is 0.226 e. The van der Waals surface area contributed by atoms with Gasteiger partial charge in [0.1, 0.15) is 0 Å². The summed E-state index contributed by atoms with van der Waals surface area (Å²) < 4.78 is 3.00. The highest BCUT2D eigenvalue weighted by Gasteiger charge is 2.20. The number of hydrogen-bond donors (Lipinski definition) is 0.